The van der Waals surface area contributed by atoms with Gasteiger partial charge in [0.05, 0.1) is 26.4 Å². The molecule has 0 aliphatic carbocycles. The molecule has 1 aliphatic heterocycles. The minimum absolute atomic E-state index is 0.0584. The summed E-state index contributed by atoms with van der Waals surface area (Å²) in [4.78, 5) is 10.8. The average Bonchev–Trinajstić information content (AvgIpc) is 2.80. The molecule has 0 fully saturated rings. The number of hydrogen-bond donors (Lipinski definition) is 1. The van der Waals surface area contributed by atoms with Crippen molar-refractivity contribution in [1.82, 2.24) is 0 Å². The van der Waals surface area contributed by atoms with Crippen LogP contribution in [0.5, 0.6) is 23.0 Å². The van der Waals surface area contributed by atoms with Gasteiger partial charge in [0.1, 0.15) is 39.1 Å². The molecule has 1 aliphatic rings. The van der Waals surface area contributed by atoms with Crippen LogP contribution in [-0.4, -0.2) is 76.6 Å². The van der Waals surface area contributed by atoms with Crippen LogP contribution in [0.25, 0.3) is 0 Å². The number of rotatable bonds is 4. The lowest BCUT2D eigenvalue weighted by Crippen LogP contribution is -2.30. The van der Waals surface area contributed by atoms with E-state index in [9.17, 15) is 4.79 Å². The molecule has 1 atom stereocenters. The van der Waals surface area contributed by atoms with Crippen molar-refractivity contribution in [3.8, 4) is 23.0 Å². The van der Waals surface area contributed by atoms with Crippen molar-refractivity contribution in [2.45, 2.75) is 6.10 Å². The maximum atomic E-state index is 10.8. The predicted octanol–water partition coefficient (Wildman–Crippen LogP) is 2.42. The maximum Gasteiger partial charge on any atom is 0.329 e. The Labute approximate surface area is 186 Å². The van der Waals surface area contributed by atoms with Gasteiger partial charge < -0.3 is 38.3 Å². The fraction of sp³-hybridized carbons (Fsp3) is 0.435. The zero-order valence-electron chi connectivity index (χ0n) is 17.8. The molecule has 0 radical (unpaired) electrons. The molecule has 2 aromatic carbocycles. The Kier molecular flexibility index (Phi) is 9.91. The molecule has 32 heavy (non-hydrogen) atoms. The molecule has 0 amide bonds. The summed E-state index contributed by atoms with van der Waals surface area (Å²) in [5.74, 6) is 1.30. The average molecular weight is 448 g/mol. The molecule has 1 heterocycles. The van der Waals surface area contributed by atoms with Crippen LogP contribution in [0.3, 0.4) is 0 Å². The van der Waals surface area contributed by atoms with Crippen molar-refractivity contribution in [2.75, 3.05) is 59.5 Å². The molecule has 2 aromatic rings. The number of fused-ring (bicyclic) bond motifs is 2. The molecule has 174 valence electrons. The molecule has 0 aromatic heterocycles. The maximum absolute atomic E-state index is 10.8. The van der Waals surface area contributed by atoms with Crippen LogP contribution in [0.1, 0.15) is 0 Å². The van der Waals surface area contributed by atoms with Gasteiger partial charge in [-0.25, -0.2) is 4.79 Å². The van der Waals surface area contributed by atoms with Gasteiger partial charge in [0.2, 0.25) is 0 Å². The highest BCUT2D eigenvalue weighted by atomic mass is 16.6. The Hall–Kier alpha value is -3.01. The van der Waals surface area contributed by atoms with Crippen LogP contribution < -0.4 is 18.9 Å². The van der Waals surface area contributed by atoms with Crippen LogP contribution in [0.2, 0.25) is 0 Å². The summed E-state index contributed by atoms with van der Waals surface area (Å²) in [5, 5.41) is 8.81. The number of ether oxygens (including phenoxy) is 7. The van der Waals surface area contributed by atoms with E-state index in [4.69, 9.17) is 38.3 Å². The Morgan fingerprint density at radius 2 is 1.28 bits per heavy atom. The van der Waals surface area contributed by atoms with Gasteiger partial charge in [-0.2, -0.15) is 0 Å². The molecule has 0 spiro atoms. The van der Waals surface area contributed by atoms with Crippen LogP contribution >= 0.6 is 0 Å². The summed E-state index contributed by atoms with van der Waals surface area (Å²) >= 11 is 0. The summed E-state index contributed by atoms with van der Waals surface area (Å²) in [6, 6.07) is 14.6. The van der Waals surface area contributed by atoms with Crippen LogP contribution in [0, 0.1) is 0 Å². The van der Waals surface area contributed by atoms with Crippen molar-refractivity contribution in [2.24, 2.45) is 0 Å². The Morgan fingerprint density at radius 1 is 0.781 bits per heavy atom. The standard InChI is InChI=1S/C23H28O9/c24-23(25)17-27-15-18-16-32-22-8-4-3-7-21(22)30-12-10-26-9-11-29-19-5-1-2-6-20(19)31-14-13-28-18/h1-8,18H,9-17H2,(H,24,25). The fourth-order valence-corrected chi connectivity index (χ4v) is 2.87. The van der Waals surface area contributed by atoms with Gasteiger partial charge in [-0.1, -0.05) is 24.3 Å². The summed E-state index contributed by atoms with van der Waals surface area (Å²) in [6.45, 7) is 1.84. The van der Waals surface area contributed by atoms with E-state index >= 15 is 0 Å². The smallest absolute Gasteiger partial charge is 0.329 e. The lowest BCUT2D eigenvalue weighted by molar-refractivity contribution is -0.144. The van der Waals surface area contributed by atoms with E-state index in [0.29, 0.717) is 49.4 Å². The molecular formula is C23H28O9. The number of carbonyl (C=O) groups is 1. The second kappa shape index (κ2) is 13.4. The summed E-state index contributed by atoms with van der Waals surface area (Å²) < 4.78 is 39.8. The summed E-state index contributed by atoms with van der Waals surface area (Å²) in [7, 11) is 0. The molecule has 1 unspecified atom stereocenters. The first kappa shape index (κ1) is 23.6. The second-order valence-electron chi connectivity index (χ2n) is 6.76. The van der Waals surface area contributed by atoms with Crippen LogP contribution in [0.15, 0.2) is 48.5 Å². The first-order valence-corrected chi connectivity index (χ1v) is 10.4. The van der Waals surface area contributed by atoms with E-state index in [0.717, 1.165) is 0 Å². The zero-order chi connectivity index (χ0) is 22.4. The van der Waals surface area contributed by atoms with Crippen molar-refractivity contribution in [1.29, 1.82) is 0 Å². The Balaban J connectivity index is 1.64. The Bertz CT molecular complexity index is 827. The van der Waals surface area contributed by atoms with Gasteiger partial charge in [0.25, 0.3) is 0 Å². The van der Waals surface area contributed by atoms with Crippen molar-refractivity contribution < 1.29 is 43.1 Å². The number of benzene rings is 2. The monoisotopic (exact) mass is 448 g/mol. The van der Waals surface area contributed by atoms with E-state index < -0.39 is 18.7 Å². The van der Waals surface area contributed by atoms with E-state index in [-0.39, 0.29) is 26.4 Å². The quantitative estimate of drug-likeness (QED) is 0.755. The second-order valence-corrected chi connectivity index (χ2v) is 6.76. The Morgan fingerprint density at radius 3 is 1.81 bits per heavy atom. The topological polar surface area (TPSA) is 102 Å². The first-order chi connectivity index (χ1) is 15.7. The van der Waals surface area contributed by atoms with E-state index in [1.165, 1.54) is 0 Å². The minimum atomic E-state index is -1.05. The molecule has 0 saturated carbocycles. The van der Waals surface area contributed by atoms with Gasteiger partial charge in [-0.05, 0) is 24.3 Å². The minimum Gasteiger partial charge on any atom is -0.487 e. The first-order valence-electron chi connectivity index (χ1n) is 10.4. The van der Waals surface area contributed by atoms with Crippen LogP contribution in [0.4, 0.5) is 0 Å². The third kappa shape index (κ3) is 8.26. The summed E-state index contributed by atoms with van der Waals surface area (Å²) in [5.41, 5.74) is 0. The highest BCUT2D eigenvalue weighted by Gasteiger charge is 2.15. The van der Waals surface area contributed by atoms with Gasteiger partial charge >= 0.3 is 5.97 Å². The zero-order valence-corrected chi connectivity index (χ0v) is 17.8. The summed E-state index contributed by atoms with van der Waals surface area (Å²) in [6.07, 6.45) is -0.500. The lowest BCUT2D eigenvalue weighted by Gasteiger charge is -2.20. The third-order valence-electron chi connectivity index (χ3n) is 4.32. The number of aliphatic carboxylic acids is 1. The fourth-order valence-electron chi connectivity index (χ4n) is 2.87. The van der Waals surface area contributed by atoms with E-state index in [1.807, 2.05) is 36.4 Å². The normalized spacial score (nSPS) is 18.2. The van der Waals surface area contributed by atoms with E-state index in [2.05, 4.69) is 0 Å². The van der Waals surface area contributed by atoms with Crippen molar-refractivity contribution in [3.05, 3.63) is 48.5 Å². The van der Waals surface area contributed by atoms with E-state index in [1.54, 1.807) is 12.1 Å². The van der Waals surface area contributed by atoms with Crippen molar-refractivity contribution >= 4 is 5.97 Å². The van der Waals surface area contributed by atoms with Crippen molar-refractivity contribution in [3.63, 3.8) is 0 Å². The molecule has 9 nitrogen and oxygen atoms in total. The van der Waals surface area contributed by atoms with Gasteiger partial charge in [-0.15, -0.1) is 0 Å². The predicted molar refractivity (Wildman–Crippen MR) is 114 cm³/mol. The third-order valence-corrected chi connectivity index (χ3v) is 4.32. The highest BCUT2D eigenvalue weighted by molar-refractivity contribution is 5.67. The molecule has 3 rings (SSSR count). The lowest BCUT2D eigenvalue weighted by atomic mass is 10.3. The number of para-hydroxylation sites is 4. The molecule has 0 saturated heterocycles. The van der Waals surface area contributed by atoms with Gasteiger partial charge in [0, 0.05) is 0 Å². The number of hydrogen-bond acceptors (Lipinski definition) is 8. The van der Waals surface area contributed by atoms with Gasteiger partial charge in [0.15, 0.2) is 23.0 Å². The highest BCUT2D eigenvalue weighted by Crippen LogP contribution is 2.27. The molecular weight excluding hydrogens is 420 g/mol. The number of carboxylic acid groups (broad SMARTS) is 1. The van der Waals surface area contributed by atoms with Gasteiger partial charge in [-0.3, -0.25) is 0 Å². The molecule has 0 bridgehead atoms. The largest absolute Gasteiger partial charge is 0.487 e. The molecule has 1 N–H and O–H groups in total. The molecule has 9 heteroatoms. The van der Waals surface area contributed by atoms with Crippen LogP contribution in [-0.2, 0) is 19.0 Å². The number of carboxylic acids is 1. The SMILES string of the molecule is O=C(O)COCC1COc2ccccc2OCCOCCOc2ccccc2OCCO1.